The molecular formula is C17H18ClF3N4O2. The zero-order valence-corrected chi connectivity index (χ0v) is 15.5. The molecule has 2 aromatic heterocycles. The third-order valence-corrected chi connectivity index (χ3v) is 5.08. The number of ether oxygens (including phenoxy) is 1. The third-order valence-electron chi connectivity index (χ3n) is 4.73. The molecule has 0 aromatic carbocycles. The van der Waals surface area contributed by atoms with E-state index >= 15 is 0 Å². The van der Waals surface area contributed by atoms with Crippen LogP contribution in [0.3, 0.4) is 0 Å². The summed E-state index contributed by atoms with van der Waals surface area (Å²) in [6.07, 6.45) is -1.55. The zero-order valence-electron chi connectivity index (χ0n) is 14.7. The van der Waals surface area contributed by atoms with Crippen LogP contribution in [0.15, 0.2) is 29.3 Å². The second-order valence-corrected chi connectivity index (χ2v) is 6.83. The average molecular weight is 403 g/mol. The highest BCUT2D eigenvalue weighted by Gasteiger charge is 2.31. The molecule has 0 spiro atoms. The van der Waals surface area contributed by atoms with E-state index in [1.54, 1.807) is 7.11 Å². The summed E-state index contributed by atoms with van der Waals surface area (Å²) in [5.41, 5.74) is -1.08. The van der Waals surface area contributed by atoms with Crippen LogP contribution in [0, 0.1) is 5.92 Å². The van der Waals surface area contributed by atoms with Gasteiger partial charge in [0.15, 0.2) is 5.82 Å². The lowest BCUT2D eigenvalue weighted by atomic mass is 9.95. The molecule has 1 aliphatic heterocycles. The molecule has 3 heterocycles. The summed E-state index contributed by atoms with van der Waals surface area (Å²) in [5.74, 6) is 0.346. The molecule has 1 saturated heterocycles. The number of nitrogens with zero attached hydrogens (tertiary/aromatic N) is 4. The first-order valence-electron chi connectivity index (χ1n) is 8.31. The Bertz CT molecular complexity index is 870. The lowest BCUT2D eigenvalue weighted by Crippen LogP contribution is -2.44. The first kappa shape index (κ1) is 19.6. The topological polar surface area (TPSA) is 60.2 Å². The summed E-state index contributed by atoms with van der Waals surface area (Å²) in [6, 6.07) is 1.92. The first-order chi connectivity index (χ1) is 12.7. The first-order valence-corrected chi connectivity index (χ1v) is 8.69. The molecule has 10 heteroatoms. The molecule has 6 nitrogen and oxygen atoms in total. The molecule has 0 aliphatic carbocycles. The molecule has 2 aromatic rings. The molecule has 0 N–H and O–H groups in total. The molecule has 27 heavy (non-hydrogen) atoms. The number of aromatic nitrogens is 3. The van der Waals surface area contributed by atoms with Crippen molar-refractivity contribution in [2.24, 2.45) is 5.92 Å². The molecule has 0 saturated carbocycles. The van der Waals surface area contributed by atoms with Gasteiger partial charge in [-0.2, -0.15) is 23.0 Å². The van der Waals surface area contributed by atoms with Crippen molar-refractivity contribution < 1.29 is 17.9 Å². The highest BCUT2D eigenvalue weighted by atomic mass is 35.5. The minimum Gasteiger partial charge on any atom is -0.379 e. The molecule has 146 valence electrons. The molecular weight excluding hydrogens is 385 g/mol. The summed E-state index contributed by atoms with van der Waals surface area (Å²) >= 11 is 6.25. The van der Waals surface area contributed by atoms with Gasteiger partial charge < -0.3 is 9.64 Å². The Morgan fingerprint density at radius 2 is 2.04 bits per heavy atom. The van der Waals surface area contributed by atoms with Gasteiger partial charge in [0.1, 0.15) is 5.02 Å². The third kappa shape index (κ3) is 3.93. The average Bonchev–Trinajstić information content (AvgIpc) is 2.64. The molecule has 0 amide bonds. The highest BCUT2D eigenvalue weighted by Crippen LogP contribution is 2.30. The molecule has 1 aliphatic rings. The van der Waals surface area contributed by atoms with Gasteiger partial charge in [-0.3, -0.25) is 4.79 Å². The fourth-order valence-corrected chi connectivity index (χ4v) is 3.29. The minimum absolute atomic E-state index is 0.00817. The monoisotopic (exact) mass is 402 g/mol. The maximum absolute atomic E-state index is 12.7. The fraction of sp³-hybridized carbons (Fsp3) is 0.471. The van der Waals surface area contributed by atoms with E-state index in [1.165, 1.54) is 6.20 Å². The number of anilines is 1. The lowest BCUT2D eigenvalue weighted by molar-refractivity contribution is -0.137. The predicted octanol–water partition coefficient (Wildman–Crippen LogP) is 3.16. The summed E-state index contributed by atoms with van der Waals surface area (Å²) in [5, 5.41) is 3.98. The molecule has 0 radical (unpaired) electrons. The minimum atomic E-state index is -4.51. The van der Waals surface area contributed by atoms with E-state index in [1.807, 2.05) is 4.90 Å². The summed E-state index contributed by atoms with van der Waals surface area (Å²) in [4.78, 5) is 18.2. The van der Waals surface area contributed by atoms with Crippen LogP contribution >= 0.6 is 11.6 Å². The SMILES string of the molecule is COC1CN(c2cnn(-c3ccc(C(F)(F)F)cn3)c(=O)c2Cl)CCC1C. The molecule has 0 bridgehead atoms. The Morgan fingerprint density at radius 3 is 2.63 bits per heavy atom. The molecule has 1 fully saturated rings. The number of rotatable bonds is 3. The van der Waals surface area contributed by atoms with Crippen molar-refractivity contribution in [2.75, 3.05) is 25.1 Å². The number of pyridine rings is 1. The number of hydrogen-bond acceptors (Lipinski definition) is 5. The van der Waals surface area contributed by atoms with Crippen LogP contribution in [0.5, 0.6) is 0 Å². The zero-order chi connectivity index (χ0) is 19.8. The number of alkyl halides is 3. The smallest absolute Gasteiger partial charge is 0.379 e. The van der Waals surface area contributed by atoms with E-state index in [9.17, 15) is 18.0 Å². The highest BCUT2D eigenvalue weighted by molar-refractivity contribution is 6.33. The van der Waals surface area contributed by atoms with E-state index in [2.05, 4.69) is 17.0 Å². The van der Waals surface area contributed by atoms with Crippen molar-refractivity contribution in [3.63, 3.8) is 0 Å². The van der Waals surface area contributed by atoms with Gasteiger partial charge in [0.05, 0.1) is 23.6 Å². The van der Waals surface area contributed by atoms with Gasteiger partial charge in [0, 0.05) is 26.4 Å². The number of hydrogen-bond donors (Lipinski definition) is 0. The van der Waals surface area contributed by atoms with Crippen molar-refractivity contribution in [2.45, 2.75) is 25.6 Å². The van der Waals surface area contributed by atoms with Crippen molar-refractivity contribution in [1.29, 1.82) is 0 Å². The van der Waals surface area contributed by atoms with Crippen LogP contribution in [0.1, 0.15) is 18.9 Å². The number of halogens is 4. The van der Waals surface area contributed by atoms with E-state index in [0.717, 1.165) is 23.2 Å². The van der Waals surface area contributed by atoms with Crippen molar-refractivity contribution in [1.82, 2.24) is 14.8 Å². The standard InChI is InChI=1S/C17H18ClF3N4O2/c1-10-5-6-24(9-13(10)27-2)12-8-23-25(16(26)15(12)18)14-4-3-11(7-22-14)17(19,20)21/h3-4,7-8,10,13H,5-6,9H2,1-2H3. The van der Waals surface area contributed by atoms with Crippen LogP contribution in [-0.4, -0.2) is 41.1 Å². The Morgan fingerprint density at radius 1 is 1.30 bits per heavy atom. The van der Waals surface area contributed by atoms with Crippen LogP contribution in [0.4, 0.5) is 18.9 Å². The Balaban J connectivity index is 1.91. The summed E-state index contributed by atoms with van der Waals surface area (Å²) in [6.45, 7) is 3.37. The second-order valence-electron chi connectivity index (χ2n) is 6.45. The maximum atomic E-state index is 12.7. The van der Waals surface area contributed by atoms with Crippen molar-refractivity contribution >= 4 is 17.3 Å². The second kappa shape index (κ2) is 7.47. The molecule has 2 atom stereocenters. The van der Waals surface area contributed by atoms with Gasteiger partial charge in [0.25, 0.3) is 5.56 Å². The summed E-state index contributed by atoms with van der Waals surface area (Å²) in [7, 11) is 1.64. The van der Waals surface area contributed by atoms with Crippen molar-refractivity contribution in [3.05, 3.63) is 45.5 Å². The lowest BCUT2D eigenvalue weighted by Gasteiger charge is -2.37. The van der Waals surface area contributed by atoms with Gasteiger partial charge in [-0.25, -0.2) is 4.98 Å². The van der Waals surface area contributed by atoms with Crippen LogP contribution in [0.25, 0.3) is 5.82 Å². The van der Waals surface area contributed by atoms with Gasteiger partial charge in [0.2, 0.25) is 0 Å². The normalized spacial score (nSPS) is 20.7. The van der Waals surface area contributed by atoms with E-state index in [0.29, 0.717) is 30.9 Å². The van der Waals surface area contributed by atoms with Gasteiger partial charge in [-0.05, 0) is 24.5 Å². The van der Waals surface area contributed by atoms with Crippen LogP contribution in [0.2, 0.25) is 5.02 Å². The number of piperidine rings is 1. The van der Waals surface area contributed by atoms with E-state index < -0.39 is 17.3 Å². The van der Waals surface area contributed by atoms with Gasteiger partial charge in [-0.1, -0.05) is 18.5 Å². The Kier molecular flexibility index (Phi) is 5.43. The Hall–Kier alpha value is -2.13. The maximum Gasteiger partial charge on any atom is 0.417 e. The van der Waals surface area contributed by atoms with Gasteiger partial charge >= 0.3 is 6.18 Å². The fourth-order valence-electron chi connectivity index (χ4n) is 3.05. The van der Waals surface area contributed by atoms with Crippen LogP contribution in [-0.2, 0) is 10.9 Å². The largest absolute Gasteiger partial charge is 0.417 e. The van der Waals surface area contributed by atoms with Crippen molar-refractivity contribution in [3.8, 4) is 5.82 Å². The Labute approximate surface area is 158 Å². The predicted molar refractivity (Wildman–Crippen MR) is 94.4 cm³/mol. The van der Waals surface area contributed by atoms with Crippen LogP contribution < -0.4 is 10.5 Å². The van der Waals surface area contributed by atoms with Gasteiger partial charge in [-0.15, -0.1) is 0 Å². The van der Waals surface area contributed by atoms with E-state index in [4.69, 9.17) is 16.3 Å². The molecule has 2 unspecified atom stereocenters. The molecule has 3 rings (SSSR count). The summed E-state index contributed by atoms with van der Waals surface area (Å²) < 4.78 is 44.3. The quantitative estimate of drug-likeness (QED) is 0.789. The van der Waals surface area contributed by atoms with E-state index in [-0.39, 0.29) is 16.9 Å². The number of methoxy groups -OCH3 is 1.